The van der Waals surface area contributed by atoms with Crippen molar-refractivity contribution in [1.29, 1.82) is 5.26 Å². The number of quaternary nitrogens is 1. The van der Waals surface area contributed by atoms with Crippen molar-refractivity contribution >= 4 is 29.0 Å². The number of hydrogen-bond acceptors (Lipinski definition) is 9. The highest BCUT2D eigenvalue weighted by Crippen LogP contribution is 2.41. The van der Waals surface area contributed by atoms with Gasteiger partial charge in [0.2, 0.25) is 0 Å². The Morgan fingerprint density at radius 2 is 1.94 bits per heavy atom. The van der Waals surface area contributed by atoms with Crippen LogP contribution in [-0.2, 0) is 14.6 Å². The average Bonchev–Trinajstić information content (AvgIpc) is 3.20. The summed E-state index contributed by atoms with van der Waals surface area (Å²) in [4.78, 5) is 12.4. The van der Waals surface area contributed by atoms with Crippen LogP contribution >= 0.6 is 18.9 Å². The third-order valence-corrected chi connectivity index (χ3v) is 8.14. The van der Waals surface area contributed by atoms with Crippen LogP contribution in [0.4, 0.5) is 4.39 Å². The van der Waals surface area contributed by atoms with Gasteiger partial charge in [-0.1, -0.05) is 6.07 Å². The Morgan fingerprint density at radius 1 is 1.22 bits per heavy atom. The smallest absolute Gasteiger partial charge is 0.250 e. The van der Waals surface area contributed by atoms with Crippen molar-refractivity contribution in [2.45, 2.75) is 4.21 Å². The van der Waals surface area contributed by atoms with Crippen molar-refractivity contribution in [2.24, 2.45) is 0 Å². The van der Waals surface area contributed by atoms with E-state index in [-0.39, 0.29) is 27.2 Å². The number of halogens is 1. The molecule has 2 aromatic carbocycles. The molecule has 0 spiro atoms. The van der Waals surface area contributed by atoms with Gasteiger partial charge < -0.3 is 25.8 Å². The molecule has 0 fully saturated rings. The van der Waals surface area contributed by atoms with Crippen LogP contribution in [0.25, 0.3) is 10.4 Å². The van der Waals surface area contributed by atoms with E-state index in [0.29, 0.717) is 10.9 Å². The topological polar surface area (TPSA) is 196 Å². The van der Waals surface area contributed by atoms with Gasteiger partial charge in [0.05, 0.1) is 11.8 Å². The highest BCUT2D eigenvalue weighted by atomic mass is 32.2. The van der Waals surface area contributed by atoms with Crippen LogP contribution in [0.15, 0.2) is 52.7 Å². The molecule has 3 rings (SSSR count). The fourth-order valence-electron chi connectivity index (χ4n) is 2.41. The first-order valence-corrected chi connectivity index (χ1v) is 12.4. The number of rotatable bonds is 7. The summed E-state index contributed by atoms with van der Waals surface area (Å²) in [5, 5.41) is 28.2. The summed E-state index contributed by atoms with van der Waals surface area (Å²) in [5.41, 5.74) is -0.104. The predicted octanol–water partition coefficient (Wildman–Crippen LogP) is 3.08. The van der Waals surface area contributed by atoms with Gasteiger partial charge in [-0.25, -0.2) is 17.5 Å². The molecule has 170 valence electrons. The Kier molecular flexibility index (Phi) is 7.63. The molecule has 10 nitrogen and oxygen atoms in total. The number of benzene rings is 2. The molecule has 0 radical (unpaired) electrons. The van der Waals surface area contributed by atoms with E-state index in [9.17, 15) is 32.5 Å². The molecule has 0 saturated carbocycles. The predicted molar refractivity (Wildman–Crippen MR) is 114 cm³/mol. The largest absolute Gasteiger partial charge is 0.768 e. The lowest BCUT2D eigenvalue weighted by molar-refractivity contribution is -0.191. The Morgan fingerprint density at radius 3 is 2.59 bits per heavy atom. The number of phenolic OH excluding ortho intramolecular Hbond substituents is 2. The molecule has 0 aliphatic rings. The molecule has 0 bridgehead atoms. The Hall–Kier alpha value is -2.98. The number of thiophene rings is 1. The second-order valence-electron chi connectivity index (χ2n) is 6.05. The van der Waals surface area contributed by atoms with E-state index < -0.39 is 41.2 Å². The van der Waals surface area contributed by atoms with Crippen molar-refractivity contribution in [3.63, 3.8) is 0 Å². The lowest BCUT2D eigenvalue weighted by atomic mass is 10.1. The zero-order valence-corrected chi connectivity index (χ0v) is 18.9. The molecule has 32 heavy (non-hydrogen) atoms. The molecule has 0 saturated heterocycles. The first kappa shape index (κ1) is 25.3. The summed E-state index contributed by atoms with van der Waals surface area (Å²) in [6, 6.07) is 11.2. The second-order valence-corrected chi connectivity index (χ2v) is 10.9. The van der Waals surface area contributed by atoms with Crippen molar-refractivity contribution in [3.8, 4) is 33.8 Å². The van der Waals surface area contributed by atoms with Gasteiger partial charge in [-0.3, -0.25) is 4.57 Å². The third kappa shape index (κ3) is 5.63. The van der Waals surface area contributed by atoms with E-state index in [1.54, 1.807) is 6.07 Å². The molecule has 3 aromatic rings. The number of nitrogens with one attached hydrogen (secondary N) is 1. The van der Waals surface area contributed by atoms with Crippen LogP contribution in [0.2, 0.25) is 0 Å². The molecule has 1 atom stereocenters. The van der Waals surface area contributed by atoms with Crippen molar-refractivity contribution in [2.75, 3.05) is 6.29 Å². The summed E-state index contributed by atoms with van der Waals surface area (Å²) < 4.78 is 56.9. The number of phenols is 2. The molecule has 7 N–H and O–H groups in total. The summed E-state index contributed by atoms with van der Waals surface area (Å²) in [6.07, 6.45) is -1.11. The van der Waals surface area contributed by atoms with E-state index in [0.717, 1.165) is 23.5 Å². The molecule has 0 aliphatic heterocycles. The second kappa shape index (κ2) is 9.66. The van der Waals surface area contributed by atoms with Gasteiger partial charge in [-0.15, -0.1) is 11.3 Å². The molecule has 0 aliphatic carbocycles. The van der Waals surface area contributed by atoms with Crippen LogP contribution in [0, 0.1) is 17.1 Å². The quantitative estimate of drug-likeness (QED) is 0.280. The lowest BCUT2D eigenvalue weighted by Gasteiger charge is -2.24. The SMILES string of the molecule is N#Cc1ccc(OP(=O)([O-])CNS(=O)(=O)c2ccc(-c3cccc(O)c3O)s2)cc1F.[NH4+]. The van der Waals surface area contributed by atoms with Gasteiger partial charge >= 0.3 is 0 Å². The van der Waals surface area contributed by atoms with Gasteiger partial charge in [-0.2, -0.15) is 5.26 Å². The highest BCUT2D eigenvalue weighted by molar-refractivity contribution is 7.92. The minimum atomic E-state index is -4.80. The summed E-state index contributed by atoms with van der Waals surface area (Å²) in [6.45, 7) is 0. The average molecular weight is 501 g/mol. The first-order valence-electron chi connectivity index (χ1n) is 8.32. The fraction of sp³-hybridized carbons (Fsp3) is 0.0556. The van der Waals surface area contributed by atoms with E-state index in [4.69, 9.17) is 5.26 Å². The van der Waals surface area contributed by atoms with E-state index in [1.165, 1.54) is 30.3 Å². The van der Waals surface area contributed by atoms with Gasteiger partial charge in [0.25, 0.3) is 10.0 Å². The van der Waals surface area contributed by atoms with Crippen LogP contribution < -0.4 is 20.3 Å². The van der Waals surface area contributed by atoms with Gasteiger partial charge in [0.15, 0.2) is 19.1 Å². The van der Waals surface area contributed by atoms with Gasteiger partial charge in [0.1, 0.15) is 21.8 Å². The minimum Gasteiger partial charge on any atom is -0.768 e. The van der Waals surface area contributed by atoms with Crippen LogP contribution in [0.1, 0.15) is 5.56 Å². The molecule has 14 heteroatoms. The first-order chi connectivity index (χ1) is 14.5. The summed E-state index contributed by atoms with van der Waals surface area (Å²) >= 11 is 0.742. The minimum absolute atomic E-state index is 0. The van der Waals surface area contributed by atoms with Crippen LogP contribution in [0.3, 0.4) is 0 Å². The summed E-state index contributed by atoms with van der Waals surface area (Å²) in [5.74, 6) is -2.20. The maximum Gasteiger partial charge on any atom is 0.250 e. The lowest BCUT2D eigenvalue weighted by Crippen LogP contribution is -2.28. The van der Waals surface area contributed by atoms with Crippen LogP contribution in [0.5, 0.6) is 17.2 Å². The standard InChI is InChI=1S/C18H14FN2O7PS2.H3N/c19-14-8-12(5-4-11(14)9-20)28-29(24,25)10-21-31(26,27)17-7-6-16(30-17)13-2-1-3-15(22)18(13)23;/h1-8,21-23H,10H2,(H,24,25);1H3. The van der Waals surface area contributed by atoms with Crippen molar-refractivity contribution in [3.05, 3.63) is 59.9 Å². The number of sulfonamides is 1. The molecular formula is C18H17FN3O7PS2. The Bertz CT molecular complexity index is 1340. The zero-order valence-electron chi connectivity index (χ0n) is 16.4. The Labute approximate surface area is 186 Å². The molecule has 1 heterocycles. The van der Waals surface area contributed by atoms with Crippen molar-refractivity contribution < 1.29 is 37.0 Å². The van der Waals surface area contributed by atoms with E-state index in [2.05, 4.69) is 4.52 Å². The zero-order chi connectivity index (χ0) is 22.8. The van der Waals surface area contributed by atoms with Gasteiger partial charge in [-0.05, 0) is 36.4 Å². The van der Waals surface area contributed by atoms with Crippen molar-refractivity contribution in [1.82, 2.24) is 10.9 Å². The number of nitriles is 1. The molecule has 1 aromatic heterocycles. The molecular weight excluding hydrogens is 484 g/mol. The molecule has 0 amide bonds. The molecule has 1 unspecified atom stereocenters. The maximum atomic E-state index is 13.6. The van der Waals surface area contributed by atoms with Crippen LogP contribution in [-0.4, -0.2) is 24.9 Å². The Balaban J connectivity index is 0.00000363. The maximum absolute atomic E-state index is 13.6. The number of para-hydroxylation sites is 1. The third-order valence-electron chi connectivity index (χ3n) is 3.88. The number of hydrogen-bond donors (Lipinski definition) is 4. The van der Waals surface area contributed by atoms with E-state index >= 15 is 0 Å². The van der Waals surface area contributed by atoms with Gasteiger partial charge in [0, 0.05) is 16.5 Å². The fourth-order valence-corrected chi connectivity index (χ4v) is 6.26. The normalized spacial score (nSPS) is 12.9. The monoisotopic (exact) mass is 501 g/mol. The highest BCUT2D eigenvalue weighted by Gasteiger charge is 2.22. The number of aromatic hydroxyl groups is 2. The van der Waals surface area contributed by atoms with E-state index in [1.807, 2.05) is 4.72 Å². The number of nitrogens with zero attached hydrogens (tertiary/aromatic N) is 1. The summed E-state index contributed by atoms with van der Waals surface area (Å²) in [7, 11) is -9.06.